The first-order chi connectivity index (χ1) is 7.36. The molecule has 0 aliphatic carbocycles. The molecule has 5 heteroatoms. The lowest BCUT2D eigenvalue weighted by molar-refractivity contribution is -0.573. The molecule has 0 spiro atoms. The molecular formula is C11H21NO4. The summed E-state index contributed by atoms with van der Waals surface area (Å²) in [4.78, 5) is 10.3. The third kappa shape index (κ3) is 4.28. The summed E-state index contributed by atoms with van der Waals surface area (Å²) in [7, 11) is 0. The normalized spacial score (nSPS) is 16.3. The van der Waals surface area contributed by atoms with Crippen molar-refractivity contribution in [1.29, 1.82) is 0 Å². The van der Waals surface area contributed by atoms with Crippen LogP contribution in [-0.4, -0.2) is 34.4 Å². The summed E-state index contributed by atoms with van der Waals surface area (Å²) >= 11 is 0. The van der Waals surface area contributed by atoms with E-state index in [1.165, 1.54) is 13.8 Å². The first-order valence-electron chi connectivity index (χ1n) is 5.43. The average molecular weight is 231 g/mol. The first-order valence-corrected chi connectivity index (χ1v) is 5.43. The Morgan fingerprint density at radius 1 is 1.56 bits per heavy atom. The van der Waals surface area contributed by atoms with Crippen molar-refractivity contribution in [2.24, 2.45) is 0 Å². The SMILES string of the molecule is CC=CC(CC(O)C(C)(C)[N+](=O)[O-])OCC. The number of ether oxygens (including phenoxy) is 1. The third-order valence-electron chi connectivity index (χ3n) is 2.53. The molecule has 2 unspecified atom stereocenters. The van der Waals surface area contributed by atoms with Crippen LogP contribution in [-0.2, 0) is 4.74 Å². The zero-order valence-corrected chi connectivity index (χ0v) is 10.3. The predicted molar refractivity (Wildman–Crippen MR) is 61.9 cm³/mol. The van der Waals surface area contributed by atoms with Crippen molar-refractivity contribution in [2.45, 2.75) is 51.9 Å². The zero-order chi connectivity index (χ0) is 12.8. The van der Waals surface area contributed by atoms with Gasteiger partial charge in [0.2, 0.25) is 5.54 Å². The van der Waals surface area contributed by atoms with E-state index >= 15 is 0 Å². The van der Waals surface area contributed by atoms with Gasteiger partial charge in [0.15, 0.2) is 0 Å². The van der Waals surface area contributed by atoms with Gasteiger partial charge in [-0.05, 0) is 13.8 Å². The number of rotatable bonds is 7. The fourth-order valence-corrected chi connectivity index (χ4v) is 1.26. The van der Waals surface area contributed by atoms with E-state index in [1.807, 2.05) is 19.9 Å². The highest BCUT2D eigenvalue weighted by Gasteiger charge is 2.40. The van der Waals surface area contributed by atoms with Crippen molar-refractivity contribution in [3.63, 3.8) is 0 Å². The quantitative estimate of drug-likeness (QED) is 0.412. The number of nitro groups is 1. The van der Waals surface area contributed by atoms with Crippen LogP contribution in [0.25, 0.3) is 0 Å². The minimum atomic E-state index is -1.35. The molecule has 94 valence electrons. The monoisotopic (exact) mass is 231 g/mol. The maximum absolute atomic E-state index is 10.7. The van der Waals surface area contributed by atoms with E-state index in [0.717, 1.165) is 0 Å². The molecule has 0 amide bonds. The fourth-order valence-electron chi connectivity index (χ4n) is 1.26. The Morgan fingerprint density at radius 2 is 2.12 bits per heavy atom. The number of hydrogen-bond acceptors (Lipinski definition) is 4. The Bertz CT molecular complexity index is 250. The Kier molecular flexibility index (Phi) is 6.21. The molecule has 0 saturated carbocycles. The summed E-state index contributed by atoms with van der Waals surface area (Å²) in [6, 6.07) is 0. The van der Waals surface area contributed by atoms with Crippen molar-refractivity contribution < 1.29 is 14.8 Å². The maximum atomic E-state index is 10.7. The van der Waals surface area contributed by atoms with Gasteiger partial charge in [-0.3, -0.25) is 10.1 Å². The summed E-state index contributed by atoms with van der Waals surface area (Å²) in [6.45, 7) is 7.03. The lowest BCUT2D eigenvalue weighted by atomic mass is 9.93. The van der Waals surface area contributed by atoms with E-state index in [1.54, 1.807) is 6.08 Å². The molecule has 0 aromatic heterocycles. The van der Waals surface area contributed by atoms with Crippen LogP contribution in [0, 0.1) is 10.1 Å². The van der Waals surface area contributed by atoms with Gasteiger partial charge < -0.3 is 9.84 Å². The van der Waals surface area contributed by atoms with E-state index in [2.05, 4.69) is 0 Å². The Labute approximate surface area is 96.3 Å². The molecule has 0 radical (unpaired) electrons. The maximum Gasteiger partial charge on any atom is 0.242 e. The minimum Gasteiger partial charge on any atom is -0.386 e. The lowest BCUT2D eigenvalue weighted by Gasteiger charge is -2.24. The minimum absolute atomic E-state index is 0.228. The van der Waals surface area contributed by atoms with Crippen LogP contribution in [0.5, 0.6) is 0 Å². The second kappa shape index (κ2) is 6.60. The number of allylic oxidation sites excluding steroid dienone is 1. The van der Waals surface area contributed by atoms with E-state index < -0.39 is 16.6 Å². The van der Waals surface area contributed by atoms with Crippen LogP contribution in [0.2, 0.25) is 0 Å². The largest absolute Gasteiger partial charge is 0.386 e. The molecule has 0 rings (SSSR count). The molecule has 1 N–H and O–H groups in total. The highest BCUT2D eigenvalue weighted by molar-refractivity contribution is 4.91. The standard InChI is InChI=1S/C11H21NO4/c1-5-7-9(16-6-2)8-10(13)11(3,4)12(14)15/h5,7,9-10,13H,6,8H2,1-4H3. The summed E-state index contributed by atoms with van der Waals surface area (Å²) in [5.74, 6) is 0. The third-order valence-corrected chi connectivity index (χ3v) is 2.53. The van der Waals surface area contributed by atoms with Crippen LogP contribution in [0.4, 0.5) is 0 Å². The van der Waals surface area contributed by atoms with Gasteiger partial charge in [0.05, 0.1) is 6.10 Å². The summed E-state index contributed by atoms with van der Waals surface area (Å²) in [5, 5.41) is 20.6. The second-order valence-corrected chi connectivity index (χ2v) is 4.18. The zero-order valence-electron chi connectivity index (χ0n) is 10.3. The van der Waals surface area contributed by atoms with Crippen LogP contribution in [0.1, 0.15) is 34.1 Å². The molecule has 0 aromatic rings. The van der Waals surface area contributed by atoms with Crippen molar-refractivity contribution in [3.05, 3.63) is 22.3 Å². The fraction of sp³-hybridized carbons (Fsp3) is 0.818. The van der Waals surface area contributed by atoms with Gasteiger partial charge >= 0.3 is 0 Å². The smallest absolute Gasteiger partial charge is 0.242 e. The molecule has 16 heavy (non-hydrogen) atoms. The molecule has 0 heterocycles. The highest BCUT2D eigenvalue weighted by atomic mass is 16.6. The predicted octanol–water partition coefficient (Wildman–Crippen LogP) is 1.77. The van der Waals surface area contributed by atoms with Crippen molar-refractivity contribution in [1.82, 2.24) is 0 Å². The lowest BCUT2D eigenvalue weighted by Crippen LogP contribution is -2.45. The van der Waals surface area contributed by atoms with E-state index in [4.69, 9.17) is 4.74 Å². The van der Waals surface area contributed by atoms with Crippen molar-refractivity contribution in [2.75, 3.05) is 6.61 Å². The molecule has 0 saturated heterocycles. The molecule has 5 nitrogen and oxygen atoms in total. The average Bonchev–Trinajstić information content (AvgIpc) is 2.18. The Morgan fingerprint density at radius 3 is 2.50 bits per heavy atom. The molecule has 2 atom stereocenters. The second-order valence-electron chi connectivity index (χ2n) is 4.18. The van der Waals surface area contributed by atoms with Gasteiger partial charge in [0, 0.05) is 31.8 Å². The summed E-state index contributed by atoms with van der Waals surface area (Å²) in [6.07, 6.45) is 2.53. The number of hydrogen-bond donors (Lipinski definition) is 1. The Balaban J connectivity index is 4.50. The topological polar surface area (TPSA) is 72.6 Å². The molecule has 0 aliphatic heterocycles. The van der Waals surface area contributed by atoms with Gasteiger partial charge in [-0.1, -0.05) is 12.2 Å². The van der Waals surface area contributed by atoms with Crippen LogP contribution in [0.15, 0.2) is 12.2 Å². The molecule has 0 fully saturated rings. The van der Waals surface area contributed by atoms with Gasteiger partial charge in [-0.2, -0.15) is 0 Å². The van der Waals surface area contributed by atoms with Crippen molar-refractivity contribution >= 4 is 0 Å². The van der Waals surface area contributed by atoms with Gasteiger partial charge in [-0.15, -0.1) is 0 Å². The van der Waals surface area contributed by atoms with E-state index in [9.17, 15) is 15.2 Å². The number of nitrogens with zero attached hydrogens (tertiary/aromatic N) is 1. The van der Waals surface area contributed by atoms with Crippen molar-refractivity contribution in [3.8, 4) is 0 Å². The Hall–Kier alpha value is -0.940. The van der Waals surface area contributed by atoms with E-state index in [0.29, 0.717) is 6.61 Å². The van der Waals surface area contributed by atoms with Gasteiger partial charge in [-0.25, -0.2) is 0 Å². The molecule has 0 aliphatic rings. The molecular weight excluding hydrogens is 210 g/mol. The number of aliphatic hydroxyl groups is 1. The van der Waals surface area contributed by atoms with Crippen LogP contribution >= 0.6 is 0 Å². The molecule has 0 aromatic carbocycles. The van der Waals surface area contributed by atoms with Gasteiger partial charge in [0.25, 0.3) is 0 Å². The highest BCUT2D eigenvalue weighted by Crippen LogP contribution is 2.19. The first kappa shape index (κ1) is 15.1. The summed E-state index contributed by atoms with van der Waals surface area (Å²) in [5.41, 5.74) is -1.35. The van der Waals surface area contributed by atoms with Gasteiger partial charge in [0.1, 0.15) is 6.10 Å². The van der Waals surface area contributed by atoms with E-state index in [-0.39, 0.29) is 12.5 Å². The molecule has 0 bridgehead atoms. The summed E-state index contributed by atoms with van der Waals surface area (Å²) < 4.78 is 5.36. The number of aliphatic hydroxyl groups excluding tert-OH is 1. The van der Waals surface area contributed by atoms with Crippen LogP contribution < -0.4 is 0 Å². The van der Waals surface area contributed by atoms with Crippen LogP contribution in [0.3, 0.4) is 0 Å².